The molecule has 19 heavy (non-hydrogen) atoms. The van der Waals surface area contributed by atoms with E-state index >= 15 is 0 Å². The SMILES string of the molecule is CC(C(=O)O)=C(C)C(=O)Nc1ccc2[nH]ccc2c1. The first-order valence-electron chi connectivity index (χ1n) is 5.78. The maximum absolute atomic E-state index is 11.9. The second-order valence-electron chi connectivity index (χ2n) is 4.29. The minimum atomic E-state index is -1.09. The molecule has 3 N–H and O–H groups in total. The molecule has 0 aliphatic carbocycles. The van der Waals surface area contributed by atoms with Gasteiger partial charge in [0.25, 0.3) is 5.91 Å². The molecule has 0 aliphatic heterocycles. The molecule has 1 heterocycles. The van der Waals surface area contributed by atoms with Crippen LogP contribution >= 0.6 is 0 Å². The third-order valence-corrected chi connectivity index (χ3v) is 3.04. The number of carbonyl (C=O) groups excluding carboxylic acids is 1. The molecule has 0 bridgehead atoms. The first-order valence-corrected chi connectivity index (χ1v) is 5.78. The average Bonchev–Trinajstić information content (AvgIpc) is 2.84. The molecule has 5 nitrogen and oxygen atoms in total. The number of aromatic amines is 1. The number of hydrogen-bond donors (Lipinski definition) is 3. The van der Waals surface area contributed by atoms with E-state index in [-0.39, 0.29) is 11.1 Å². The molecule has 1 aromatic heterocycles. The lowest BCUT2D eigenvalue weighted by molar-refractivity contribution is -0.133. The van der Waals surface area contributed by atoms with Crippen molar-refractivity contribution in [3.05, 3.63) is 41.6 Å². The van der Waals surface area contributed by atoms with Crippen molar-refractivity contribution in [1.29, 1.82) is 0 Å². The van der Waals surface area contributed by atoms with Crippen LogP contribution in [0, 0.1) is 0 Å². The average molecular weight is 258 g/mol. The lowest BCUT2D eigenvalue weighted by Crippen LogP contribution is -2.16. The maximum atomic E-state index is 11.9. The number of amides is 1. The monoisotopic (exact) mass is 258 g/mol. The van der Waals surface area contributed by atoms with E-state index in [2.05, 4.69) is 10.3 Å². The maximum Gasteiger partial charge on any atom is 0.331 e. The van der Waals surface area contributed by atoms with Gasteiger partial charge in [-0.15, -0.1) is 0 Å². The largest absolute Gasteiger partial charge is 0.478 e. The molecule has 0 unspecified atom stereocenters. The number of H-pyrrole nitrogens is 1. The Kier molecular flexibility index (Phi) is 3.37. The smallest absolute Gasteiger partial charge is 0.331 e. The van der Waals surface area contributed by atoms with Gasteiger partial charge in [0.1, 0.15) is 0 Å². The first kappa shape index (κ1) is 12.9. The van der Waals surface area contributed by atoms with Crippen LogP contribution in [0.1, 0.15) is 13.8 Å². The number of aromatic nitrogens is 1. The van der Waals surface area contributed by atoms with Gasteiger partial charge in [-0.2, -0.15) is 0 Å². The van der Waals surface area contributed by atoms with Crippen molar-refractivity contribution in [2.45, 2.75) is 13.8 Å². The van der Waals surface area contributed by atoms with Crippen LogP contribution in [0.4, 0.5) is 5.69 Å². The summed E-state index contributed by atoms with van der Waals surface area (Å²) in [5, 5.41) is 12.5. The van der Waals surface area contributed by atoms with E-state index in [1.54, 1.807) is 6.07 Å². The van der Waals surface area contributed by atoms with Crippen LogP contribution < -0.4 is 5.32 Å². The molecular formula is C14H14N2O3. The summed E-state index contributed by atoms with van der Waals surface area (Å²) in [5.74, 6) is -1.50. The van der Waals surface area contributed by atoms with E-state index in [0.29, 0.717) is 5.69 Å². The Bertz CT molecular complexity index is 683. The molecule has 2 aromatic rings. The third kappa shape index (κ3) is 2.65. The summed E-state index contributed by atoms with van der Waals surface area (Å²) in [4.78, 5) is 25.7. The molecule has 0 radical (unpaired) electrons. The topological polar surface area (TPSA) is 82.2 Å². The van der Waals surface area contributed by atoms with Gasteiger partial charge < -0.3 is 15.4 Å². The summed E-state index contributed by atoms with van der Waals surface area (Å²) in [6.45, 7) is 2.90. The van der Waals surface area contributed by atoms with E-state index in [9.17, 15) is 9.59 Å². The summed E-state index contributed by atoms with van der Waals surface area (Å²) >= 11 is 0. The summed E-state index contributed by atoms with van der Waals surface area (Å²) < 4.78 is 0. The summed E-state index contributed by atoms with van der Waals surface area (Å²) in [5.41, 5.74) is 1.85. The standard InChI is InChI=1S/C14H14N2O3/c1-8(9(2)14(18)19)13(17)16-11-3-4-12-10(7-11)5-6-15-12/h3-7,15H,1-2H3,(H,16,17)(H,18,19). The van der Waals surface area contributed by atoms with Crippen molar-refractivity contribution < 1.29 is 14.7 Å². The number of anilines is 1. The Labute approximate surface area is 109 Å². The Hall–Kier alpha value is -2.56. The number of benzene rings is 1. The van der Waals surface area contributed by atoms with Crippen molar-refractivity contribution in [2.75, 3.05) is 5.32 Å². The molecule has 0 fully saturated rings. The highest BCUT2D eigenvalue weighted by Crippen LogP contribution is 2.18. The molecule has 2 rings (SSSR count). The van der Waals surface area contributed by atoms with Gasteiger partial charge in [0.2, 0.25) is 0 Å². The quantitative estimate of drug-likeness (QED) is 0.740. The van der Waals surface area contributed by atoms with Crippen LogP contribution in [-0.4, -0.2) is 22.0 Å². The van der Waals surface area contributed by atoms with E-state index in [1.165, 1.54) is 13.8 Å². The molecular weight excluding hydrogens is 244 g/mol. The predicted molar refractivity (Wildman–Crippen MR) is 72.9 cm³/mol. The lowest BCUT2D eigenvalue weighted by Gasteiger charge is -2.07. The summed E-state index contributed by atoms with van der Waals surface area (Å²) in [6.07, 6.45) is 1.82. The lowest BCUT2D eigenvalue weighted by atomic mass is 10.1. The molecule has 0 spiro atoms. The molecule has 5 heteroatoms. The number of rotatable bonds is 3. The number of hydrogen-bond acceptors (Lipinski definition) is 2. The van der Waals surface area contributed by atoms with Crippen molar-refractivity contribution >= 4 is 28.5 Å². The van der Waals surface area contributed by atoms with Crippen LogP contribution in [0.15, 0.2) is 41.6 Å². The fourth-order valence-electron chi connectivity index (χ4n) is 1.69. The van der Waals surface area contributed by atoms with Crippen molar-refractivity contribution in [2.24, 2.45) is 0 Å². The van der Waals surface area contributed by atoms with Crippen LogP contribution in [-0.2, 0) is 9.59 Å². The molecule has 1 amide bonds. The van der Waals surface area contributed by atoms with Gasteiger partial charge in [-0.25, -0.2) is 4.79 Å². The Balaban J connectivity index is 2.23. The normalized spacial score (nSPS) is 12.1. The van der Waals surface area contributed by atoms with Gasteiger partial charge >= 0.3 is 5.97 Å². The minimum absolute atomic E-state index is 0.0419. The Morgan fingerprint density at radius 2 is 1.89 bits per heavy atom. The van der Waals surface area contributed by atoms with E-state index in [4.69, 9.17) is 5.11 Å². The van der Waals surface area contributed by atoms with Gasteiger partial charge in [-0.05, 0) is 38.1 Å². The molecule has 0 saturated carbocycles. The molecule has 0 aliphatic rings. The van der Waals surface area contributed by atoms with Crippen LogP contribution in [0.25, 0.3) is 10.9 Å². The zero-order valence-electron chi connectivity index (χ0n) is 10.7. The number of fused-ring (bicyclic) bond motifs is 1. The Morgan fingerprint density at radius 1 is 1.16 bits per heavy atom. The van der Waals surface area contributed by atoms with Crippen molar-refractivity contribution in [1.82, 2.24) is 4.98 Å². The summed E-state index contributed by atoms with van der Waals surface area (Å²) in [7, 11) is 0. The zero-order chi connectivity index (χ0) is 14.0. The highest BCUT2D eigenvalue weighted by Gasteiger charge is 2.12. The van der Waals surface area contributed by atoms with E-state index in [0.717, 1.165) is 10.9 Å². The highest BCUT2D eigenvalue weighted by molar-refractivity contribution is 6.08. The van der Waals surface area contributed by atoms with Crippen molar-refractivity contribution in [3.63, 3.8) is 0 Å². The molecule has 1 aromatic carbocycles. The van der Waals surface area contributed by atoms with Gasteiger partial charge in [0, 0.05) is 33.9 Å². The molecule has 0 saturated heterocycles. The number of aliphatic carboxylic acids is 1. The number of carboxylic acids is 1. The van der Waals surface area contributed by atoms with Gasteiger partial charge in [-0.3, -0.25) is 4.79 Å². The predicted octanol–water partition coefficient (Wildman–Crippen LogP) is 2.53. The number of nitrogens with one attached hydrogen (secondary N) is 2. The fourth-order valence-corrected chi connectivity index (χ4v) is 1.69. The van der Waals surface area contributed by atoms with Gasteiger partial charge in [0.05, 0.1) is 0 Å². The zero-order valence-corrected chi connectivity index (χ0v) is 10.7. The van der Waals surface area contributed by atoms with Gasteiger partial charge in [0.15, 0.2) is 0 Å². The molecule has 98 valence electrons. The van der Waals surface area contributed by atoms with Crippen LogP contribution in [0.3, 0.4) is 0 Å². The van der Waals surface area contributed by atoms with Crippen LogP contribution in [0.5, 0.6) is 0 Å². The highest BCUT2D eigenvalue weighted by atomic mass is 16.4. The summed E-state index contributed by atoms with van der Waals surface area (Å²) in [6, 6.07) is 7.34. The van der Waals surface area contributed by atoms with Crippen molar-refractivity contribution in [3.8, 4) is 0 Å². The number of carboxylic acid groups (broad SMARTS) is 1. The first-order chi connectivity index (χ1) is 8.99. The Morgan fingerprint density at radius 3 is 2.58 bits per heavy atom. The minimum Gasteiger partial charge on any atom is -0.478 e. The third-order valence-electron chi connectivity index (χ3n) is 3.04. The second kappa shape index (κ2) is 4.97. The van der Waals surface area contributed by atoms with E-state index in [1.807, 2.05) is 24.4 Å². The van der Waals surface area contributed by atoms with Crippen LogP contribution in [0.2, 0.25) is 0 Å². The number of carbonyl (C=O) groups is 2. The second-order valence-corrected chi connectivity index (χ2v) is 4.29. The molecule has 0 atom stereocenters. The van der Waals surface area contributed by atoms with E-state index < -0.39 is 11.9 Å². The fraction of sp³-hybridized carbons (Fsp3) is 0.143. The van der Waals surface area contributed by atoms with Gasteiger partial charge in [-0.1, -0.05) is 0 Å².